The molecule has 0 aliphatic carbocycles. The van der Waals surface area contributed by atoms with Crippen molar-refractivity contribution in [3.05, 3.63) is 41.5 Å². The van der Waals surface area contributed by atoms with Gasteiger partial charge in [0.05, 0.1) is 24.5 Å². The maximum Gasteiger partial charge on any atom is 0.360 e. The van der Waals surface area contributed by atoms with Gasteiger partial charge in [-0.15, -0.1) is 5.10 Å². The number of esters is 1. The summed E-state index contributed by atoms with van der Waals surface area (Å²) in [6.45, 7) is 8.61. The van der Waals surface area contributed by atoms with E-state index in [-0.39, 0.29) is 11.1 Å². The van der Waals surface area contributed by atoms with E-state index >= 15 is 0 Å². The molecule has 0 amide bonds. The van der Waals surface area contributed by atoms with Crippen LogP contribution in [0.25, 0.3) is 0 Å². The quantitative estimate of drug-likeness (QED) is 0.807. The molecule has 2 aromatic heterocycles. The summed E-state index contributed by atoms with van der Waals surface area (Å²) >= 11 is 0. The molecule has 6 nitrogen and oxygen atoms in total. The van der Waals surface area contributed by atoms with E-state index in [0.29, 0.717) is 13.2 Å². The molecule has 2 heterocycles. The Morgan fingerprint density at radius 1 is 1.33 bits per heavy atom. The van der Waals surface area contributed by atoms with Crippen molar-refractivity contribution >= 4 is 5.97 Å². The molecular weight excluding hydrogens is 268 g/mol. The topological polar surface area (TPSA) is 69.9 Å². The Kier molecular flexibility index (Phi) is 4.35. The van der Waals surface area contributed by atoms with Gasteiger partial charge in [-0.25, -0.2) is 9.48 Å². The van der Waals surface area contributed by atoms with Gasteiger partial charge in [-0.2, -0.15) is 0 Å². The minimum atomic E-state index is -0.435. The molecule has 112 valence electrons. The average Bonchev–Trinajstić information content (AvgIpc) is 2.84. The standard InChI is InChI=1S/C15H20N4O2/c1-5-21-14(20)12-13(15(2,3)4)19(18-17-12)10-11-8-6-7-9-16-11/h6-9H,5,10H2,1-4H3. The first-order valence-electron chi connectivity index (χ1n) is 6.94. The van der Waals surface area contributed by atoms with Crippen LogP contribution in [-0.4, -0.2) is 32.6 Å². The van der Waals surface area contributed by atoms with E-state index in [4.69, 9.17) is 4.74 Å². The van der Waals surface area contributed by atoms with E-state index < -0.39 is 5.97 Å². The minimum Gasteiger partial charge on any atom is -0.461 e. The molecule has 0 saturated heterocycles. The molecule has 0 saturated carbocycles. The summed E-state index contributed by atoms with van der Waals surface area (Å²) < 4.78 is 6.77. The highest BCUT2D eigenvalue weighted by atomic mass is 16.5. The highest BCUT2D eigenvalue weighted by molar-refractivity contribution is 5.88. The third-order valence-electron chi connectivity index (χ3n) is 2.95. The molecule has 0 N–H and O–H groups in total. The van der Waals surface area contributed by atoms with Gasteiger partial charge in [0.2, 0.25) is 0 Å². The Morgan fingerprint density at radius 2 is 2.10 bits per heavy atom. The molecule has 0 unspecified atom stereocenters. The van der Waals surface area contributed by atoms with Gasteiger partial charge in [0.15, 0.2) is 5.69 Å². The summed E-state index contributed by atoms with van der Waals surface area (Å²) in [5.41, 5.74) is 1.62. The van der Waals surface area contributed by atoms with E-state index in [1.165, 1.54) is 0 Å². The largest absolute Gasteiger partial charge is 0.461 e. The molecule has 0 spiro atoms. The van der Waals surface area contributed by atoms with E-state index in [1.807, 2.05) is 39.0 Å². The summed E-state index contributed by atoms with van der Waals surface area (Å²) in [6.07, 6.45) is 1.73. The van der Waals surface area contributed by atoms with Crippen LogP contribution in [0.15, 0.2) is 24.4 Å². The molecule has 2 rings (SSSR count). The molecule has 2 aromatic rings. The second kappa shape index (κ2) is 6.03. The zero-order valence-corrected chi connectivity index (χ0v) is 12.8. The van der Waals surface area contributed by atoms with Crippen molar-refractivity contribution in [2.75, 3.05) is 6.61 Å². The van der Waals surface area contributed by atoms with Crippen LogP contribution >= 0.6 is 0 Å². The van der Waals surface area contributed by atoms with Gasteiger partial charge in [-0.05, 0) is 19.1 Å². The monoisotopic (exact) mass is 288 g/mol. The number of ether oxygens (including phenoxy) is 1. The molecule has 0 aliphatic heterocycles. The molecule has 21 heavy (non-hydrogen) atoms. The van der Waals surface area contributed by atoms with Crippen molar-refractivity contribution in [2.45, 2.75) is 39.7 Å². The smallest absolute Gasteiger partial charge is 0.360 e. The van der Waals surface area contributed by atoms with E-state index in [2.05, 4.69) is 15.3 Å². The summed E-state index contributed by atoms with van der Waals surface area (Å²) in [5, 5.41) is 8.11. The first kappa shape index (κ1) is 15.2. The van der Waals surface area contributed by atoms with Crippen LogP contribution in [0.4, 0.5) is 0 Å². The second-order valence-electron chi connectivity index (χ2n) is 5.74. The second-order valence-corrected chi connectivity index (χ2v) is 5.74. The first-order chi connectivity index (χ1) is 9.93. The SMILES string of the molecule is CCOC(=O)c1nnn(Cc2ccccn2)c1C(C)(C)C. The van der Waals surface area contributed by atoms with Crippen LogP contribution < -0.4 is 0 Å². The lowest BCUT2D eigenvalue weighted by molar-refractivity contribution is 0.0516. The lowest BCUT2D eigenvalue weighted by atomic mass is 9.90. The lowest BCUT2D eigenvalue weighted by Crippen LogP contribution is -2.23. The van der Waals surface area contributed by atoms with Crippen molar-refractivity contribution in [1.82, 2.24) is 20.0 Å². The van der Waals surface area contributed by atoms with Gasteiger partial charge < -0.3 is 4.74 Å². The van der Waals surface area contributed by atoms with Gasteiger partial charge in [-0.3, -0.25) is 4.98 Å². The lowest BCUT2D eigenvalue weighted by Gasteiger charge is -2.20. The van der Waals surface area contributed by atoms with Crippen LogP contribution in [0.2, 0.25) is 0 Å². The first-order valence-corrected chi connectivity index (χ1v) is 6.94. The molecule has 0 bridgehead atoms. The third-order valence-corrected chi connectivity index (χ3v) is 2.95. The fraction of sp³-hybridized carbons (Fsp3) is 0.467. The van der Waals surface area contributed by atoms with Crippen molar-refractivity contribution in [1.29, 1.82) is 0 Å². The molecule has 0 fully saturated rings. The number of hydrogen-bond donors (Lipinski definition) is 0. The van der Waals surface area contributed by atoms with Gasteiger partial charge in [-0.1, -0.05) is 32.1 Å². The molecular formula is C15H20N4O2. The van der Waals surface area contributed by atoms with Crippen molar-refractivity contribution in [3.63, 3.8) is 0 Å². The molecule has 6 heteroatoms. The zero-order chi connectivity index (χ0) is 15.5. The molecule has 0 aromatic carbocycles. The average molecular weight is 288 g/mol. The maximum absolute atomic E-state index is 12.0. The van der Waals surface area contributed by atoms with Crippen LogP contribution in [0.3, 0.4) is 0 Å². The van der Waals surface area contributed by atoms with Gasteiger partial charge in [0, 0.05) is 11.6 Å². The fourth-order valence-corrected chi connectivity index (χ4v) is 2.15. The number of nitrogens with zero attached hydrogens (tertiary/aromatic N) is 4. The Hall–Kier alpha value is -2.24. The van der Waals surface area contributed by atoms with Crippen molar-refractivity contribution in [3.8, 4) is 0 Å². The number of aromatic nitrogens is 4. The number of hydrogen-bond acceptors (Lipinski definition) is 5. The number of carbonyl (C=O) groups excluding carboxylic acids is 1. The van der Waals surface area contributed by atoms with Gasteiger partial charge in [0.25, 0.3) is 0 Å². The molecule has 0 aliphatic rings. The van der Waals surface area contributed by atoms with Gasteiger partial charge >= 0.3 is 5.97 Å². The number of carbonyl (C=O) groups is 1. The minimum absolute atomic E-state index is 0.277. The summed E-state index contributed by atoms with van der Waals surface area (Å²) in [4.78, 5) is 16.3. The van der Waals surface area contributed by atoms with E-state index in [1.54, 1.807) is 17.8 Å². The number of rotatable bonds is 4. The Balaban J connectivity index is 2.40. The van der Waals surface area contributed by atoms with Crippen LogP contribution in [0, 0.1) is 0 Å². The molecule has 0 radical (unpaired) electrons. The number of pyridine rings is 1. The zero-order valence-electron chi connectivity index (χ0n) is 12.8. The maximum atomic E-state index is 12.0. The third kappa shape index (κ3) is 3.45. The van der Waals surface area contributed by atoms with E-state index in [9.17, 15) is 4.79 Å². The Bertz CT molecular complexity index is 614. The summed E-state index contributed by atoms with van der Waals surface area (Å²) in [6, 6.07) is 5.69. The Labute approximate surface area is 124 Å². The summed E-state index contributed by atoms with van der Waals surface area (Å²) in [7, 11) is 0. The van der Waals surface area contributed by atoms with Crippen LogP contribution in [-0.2, 0) is 16.7 Å². The van der Waals surface area contributed by atoms with Gasteiger partial charge in [0.1, 0.15) is 0 Å². The van der Waals surface area contributed by atoms with E-state index in [0.717, 1.165) is 11.4 Å². The highest BCUT2D eigenvalue weighted by Gasteiger charge is 2.29. The highest BCUT2D eigenvalue weighted by Crippen LogP contribution is 2.25. The molecule has 0 atom stereocenters. The van der Waals surface area contributed by atoms with Crippen LogP contribution in [0.1, 0.15) is 49.6 Å². The predicted octanol–water partition coefficient (Wildman–Crippen LogP) is 2.20. The Morgan fingerprint density at radius 3 is 2.67 bits per heavy atom. The fourth-order valence-electron chi connectivity index (χ4n) is 2.15. The van der Waals surface area contributed by atoms with Crippen molar-refractivity contribution < 1.29 is 9.53 Å². The predicted molar refractivity (Wildman–Crippen MR) is 78.0 cm³/mol. The normalized spacial score (nSPS) is 11.4. The summed E-state index contributed by atoms with van der Waals surface area (Å²) in [5.74, 6) is -0.435. The van der Waals surface area contributed by atoms with Crippen molar-refractivity contribution in [2.24, 2.45) is 0 Å². The van der Waals surface area contributed by atoms with Crippen LogP contribution in [0.5, 0.6) is 0 Å².